The van der Waals surface area contributed by atoms with Gasteiger partial charge in [0.2, 0.25) is 0 Å². The van der Waals surface area contributed by atoms with Crippen molar-refractivity contribution in [2.24, 2.45) is 0 Å². The number of methoxy groups -OCH3 is 1. The Morgan fingerprint density at radius 1 is 1.04 bits per heavy atom. The van der Waals surface area contributed by atoms with Gasteiger partial charge in [-0.25, -0.2) is 0 Å². The van der Waals surface area contributed by atoms with E-state index >= 15 is 0 Å². The van der Waals surface area contributed by atoms with Gasteiger partial charge >= 0.3 is 0 Å². The van der Waals surface area contributed by atoms with E-state index in [-0.39, 0.29) is 0 Å². The van der Waals surface area contributed by atoms with Crippen LogP contribution in [-0.2, 0) is 0 Å². The molecule has 4 rings (SSSR count). The number of rotatable bonds is 4. The van der Waals surface area contributed by atoms with Crippen LogP contribution in [0.2, 0.25) is 5.02 Å². The second kappa shape index (κ2) is 7.57. The van der Waals surface area contributed by atoms with Gasteiger partial charge in [-0.15, -0.1) is 0 Å². The van der Waals surface area contributed by atoms with Crippen LogP contribution in [0.1, 0.15) is 6.92 Å². The summed E-state index contributed by atoms with van der Waals surface area (Å²) < 4.78 is 5.54. The normalized spacial score (nSPS) is 17.2. The topological polar surface area (TPSA) is 31.5 Å². The second-order valence-corrected chi connectivity index (χ2v) is 7.36. The summed E-state index contributed by atoms with van der Waals surface area (Å²) in [6.45, 7) is 5.12. The highest BCUT2D eigenvalue weighted by molar-refractivity contribution is 6.30. The Morgan fingerprint density at radius 3 is 2.67 bits per heavy atom. The zero-order chi connectivity index (χ0) is 18.8. The van der Waals surface area contributed by atoms with Crippen molar-refractivity contribution >= 4 is 23.1 Å². The lowest BCUT2D eigenvalue weighted by molar-refractivity contribution is 0.412. The quantitative estimate of drug-likeness (QED) is 0.685. The molecule has 0 amide bonds. The molecular weight excluding hydrogens is 358 g/mol. The molecule has 1 aliphatic heterocycles. The predicted molar refractivity (Wildman–Crippen MR) is 113 cm³/mol. The lowest BCUT2D eigenvalue weighted by Gasteiger charge is -2.42. The highest BCUT2D eigenvalue weighted by Crippen LogP contribution is 2.31. The van der Waals surface area contributed by atoms with E-state index in [4.69, 9.17) is 16.3 Å². The van der Waals surface area contributed by atoms with E-state index in [0.717, 1.165) is 53.2 Å². The number of para-hydroxylation sites is 2. The average Bonchev–Trinajstić information content (AvgIpc) is 3.18. The summed E-state index contributed by atoms with van der Waals surface area (Å²) in [5.74, 6) is 2.08. The van der Waals surface area contributed by atoms with Crippen LogP contribution in [0.5, 0.6) is 5.75 Å². The Hall–Kier alpha value is -2.59. The van der Waals surface area contributed by atoms with Crippen LogP contribution >= 0.6 is 11.6 Å². The number of anilines is 2. The summed E-state index contributed by atoms with van der Waals surface area (Å²) in [5, 5.41) is 0.752. The summed E-state index contributed by atoms with van der Waals surface area (Å²) in [7, 11) is 1.73. The van der Waals surface area contributed by atoms with Crippen LogP contribution < -0.4 is 14.5 Å². The smallest absolute Gasteiger partial charge is 0.142 e. The molecule has 1 atom stereocenters. The van der Waals surface area contributed by atoms with Crippen molar-refractivity contribution in [2.45, 2.75) is 13.0 Å². The van der Waals surface area contributed by atoms with E-state index in [0.29, 0.717) is 6.04 Å². The highest BCUT2D eigenvalue weighted by atomic mass is 35.5. The molecule has 0 aliphatic carbocycles. The predicted octanol–water partition coefficient (Wildman–Crippen LogP) is 5.06. The standard InChI is InChI=1S/C22H24ClN3O/c1-16-15-25(20-8-3-4-9-21(20)27-2)12-13-26(16)22-11-10-19(24-22)17-6-5-7-18(23)14-17/h3-11,14,16,24H,12-13,15H2,1-2H3. The number of ether oxygens (including phenoxy) is 1. The number of nitrogens with one attached hydrogen (secondary N) is 1. The Bertz CT molecular complexity index is 923. The number of H-pyrrole nitrogens is 1. The molecule has 1 saturated heterocycles. The summed E-state index contributed by atoms with van der Waals surface area (Å²) in [6.07, 6.45) is 0. The first-order valence-electron chi connectivity index (χ1n) is 9.25. The molecule has 1 aromatic heterocycles. The highest BCUT2D eigenvalue weighted by Gasteiger charge is 2.26. The van der Waals surface area contributed by atoms with Crippen LogP contribution in [0.3, 0.4) is 0 Å². The monoisotopic (exact) mass is 381 g/mol. The molecule has 5 heteroatoms. The van der Waals surface area contributed by atoms with Gasteiger partial charge < -0.3 is 19.5 Å². The minimum Gasteiger partial charge on any atom is -0.495 e. The van der Waals surface area contributed by atoms with Gasteiger partial charge in [0, 0.05) is 36.4 Å². The van der Waals surface area contributed by atoms with Crippen molar-refractivity contribution < 1.29 is 4.74 Å². The largest absolute Gasteiger partial charge is 0.495 e. The van der Waals surface area contributed by atoms with Gasteiger partial charge in [0.05, 0.1) is 12.8 Å². The van der Waals surface area contributed by atoms with E-state index in [9.17, 15) is 0 Å². The molecule has 3 aromatic rings. The number of aromatic nitrogens is 1. The molecule has 1 N–H and O–H groups in total. The first-order valence-corrected chi connectivity index (χ1v) is 9.63. The Morgan fingerprint density at radius 2 is 1.89 bits per heavy atom. The molecule has 2 aromatic carbocycles. The Balaban J connectivity index is 1.51. The van der Waals surface area contributed by atoms with Crippen LogP contribution in [0.4, 0.5) is 11.5 Å². The molecule has 2 heterocycles. The van der Waals surface area contributed by atoms with Crippen molar-refractivity contribution in [2.75, 3.05) is 36.5 Å². The summed E-state index contributed by atoms with van der Waals surface area (Å²) in [6, 6.07) is 20.8. The van der Waals surface area contributed by atoms with Crippen LogP contribution in [0.15, 0.2) is 60.7 Å². The van der Waals surface area contributed by atoms with Crippen molar-refractivity contribution in [1.82, 2.24) is 4.98 Å². The molecule has 0 saturated carbocycles. The van der Waals surface area contributed by atoms with Crippen LogP contribution in [0.25, 0.3) is 11.3 Å². The van der Waals surface area contributed by atoms with Gasteiger partial charge in [0.1, 0.15) is 11.6 Å². The molecular formula is C22H24ClN3O. The first-order chi connectivity index (χ1) is 13.2. The lowest BCUT2D eigenvalue weighted by atomic mass is 10.1. The van der Waals surface area contributed by atoms with Crippen molar-refractivity contribution in [3.8, 4) is 17.0 Å². The van der Waals surface area contributed by atoms with Gasteiger partial charge in [0.15, 0.2) is 0 Å². The fraction of sp³-hybridized carbons (Fsp3) is 0.273. The van der Waals surface area contributed by atoms with Gasteiger partial charge in [-0.3, -0.25) is 0 Å². The number of benzene rings is 2. The second-order valence-electron chi connectivity index (χ2n) is 6.93. The number of nitrogens with zero attached hydrogens (tertiary/aromatic N) is 2. The number of hydrogen-bond donors (Lipinski definition) is 1. The minimum atomic E-state index is 0.384. The van der Waals surface area contributed by atoms with E-state index in [2.05, 4.69) is 52.0 Å². The molecule has 1 fully saturated rings. The maximum absolute atomic E-state index is 6.13. The zero-order valence-electron chi connectivity index (χ0n) is 15.7. The van der Waals surface area contributed by atoms with E-state index in [1.807, 2.05) is 30.3 Å². The SMILES string of the molecule is COc1ccccc1N1CCN(c2ccc(-c3cccc(Cl)c3)[nH]2)C(C)C1. The third-order valence-corrected chi connectivity index (χ3v) is 5.40. The van der Waals surface area contributed by atoms with Gasteiger partial charge in [-0.1, -0.05) is 35.9 Å². The molecule has 140 valence electrons. The first kappa shape index (κ1) is 17.8. The third kappa shape index (κ3) is 3.62. The maximum Gasteiger partial charge on any atom is 0.142 e. The van der Waals surface area contributed by atoms with Crippen LogP contribution in [0, 0.1) is 0 Å². The summed E-state index contributed by atoms with van der Waals surface area (Å²) >= 11 is 6.13. The molecule has 1 unspecified atom stereocenters. The fourth-order valence-corrected chi connectivity index (χ4v) is 3.99. The average molecular weight is 382 g/mol. The van der Waals surface area contributed by atoms with Gasteiger partial charge in [-0.05, 0) is 48.9 Å². The number of aromatic amines is 1. The summed E-state index contributed by atoms with van der Waals surface area (Å²) in [4.78, 5) is 8.39. The molecule has 4 nitrogen and oxygen atoms in total. The molecule has 0 radical (unpaired) electrons. The van der Waals surface area contributed by atoms with Crippen molar-refractivity contribution in [3.63, 3.8) is 0 Å². The lowest BCUT2D eigenvalue weighted by Crippen LogP contribution is -2.52. The Kier molecular flexibility index (Phi) is 4.99. The molecule has 27 heavy (non-hydrogen) atoms. The number of piperazine rings is 1. The minimum absolute atomic E-state index is 0.384. The van der Waals surface area contributed by atoms with Crippen LogP contribution in [-0.4, -0.2) is 37.8 Å². The third-order valence-electron chi connectivity index (χ3n) is 5.17. The molecule has 1 aliphatic rings. The molecule has 0 spiro atoms. The van der Waals surface area contributed by atoms with E-state index in [1.54, 1.807) is 7.11 Å². The van der Waals surface area contributed by atoms with E-state index in [1.165, 1.54) is 0 Å². The van der Waals surface area contributed by atoms with Gasteiger partial charge in [0.25, 0.3) is 0 Å². The fourth-order valence-electron chi connectivity index (χ4n) is 3.80. The Labute approximate surface area is 165 Å². The molecule has 0 bridgehead atoms. The van der Waals surface area contributed by atoms with Crippen molar-refractivity contribution in [1.29, 1.82) is 0 Å². The maximum atomic E-state index is 6.13. The summed E-state index contributed by atoms with van der Waals surface area (Å²) in [5.41, 5.74) is 3.36. The zero-order valence-corrected chi connectivity index (χ0v) is 16.4. The number of hydrogen-bond acceptors (Lipinski definition) is 3. The van der Waals surface area contributed by atoms with E-state index < -0.39 is 0 Å². The van der Waals surface area contributed by atoms with Gasteiger partial charge in [-0.2, -0.15) is 0 Å². The van der Waals surface area contributed by atoms with Crippen molar-refractivity contribution in [3.05, 3.63) is 65.7 Å². The number of halogens is 1.